The van der Waals surface area contributed by atoms with Crippen LogP contribution in [0.5, 0.6) is 11.5 Å². The maximum Gasteiger partial charge on any atom is 0.193 e. The molecule has 1 heterocycles. The van der Waals surface area contributed by atoms with Crippen LogP contribution in [0.15, 0.2) is 28.7 Å². The zero-order valence-electron chi connectivity index (χ0n) is 10.4. The highest BCUT2D eigenvalue weighted by atomic mass is 35.5. The van der Waals surface area contributed by atoms with Gasteiger partial charge in [-0.1, -0.05) is 0 Å². The van der Waals surface area contributed by atoms with E-state index in [9.17, 15) is 4.39 Å². The minimum atomic E-state index is -0.771. The van der Waals surface area contributed by atoms with Crippen molar-refractivity contribution < 1.29 is 18.3 Å². The van der Waals surface area contributed by atoms with Gasteiger partial charge in [0.2, 0.25) is 0 Å². The molecule has 0 amide bonds. The summed E-state index contributed by atoms with van der Waals surface area (Å²) in [6, 6.07) is 5.08. The molecule has 0 saturated carbocycles. The van der Waals surface area contributed by atoms with E-state index in [1.807, 2.05) is 0 Å². The summed E-state index contributed by atoms with van der Waals surface area (Å²) in [6.07, 6.45) is 0. The third-order valence-electron chi connectivity index (χ3n) is 2.74. The zero-order chi connectivity index (χ0) is 14.0. The van der Waals surface area contributed by atoms with Gasteiger partial charge < -0.3 is 19.6 Å². The van der Waals surface area contributed by atoms with Crippen LogP contribution in [0.3, 0.4) is 0 Å². The minimum absolute atomic E-state index is 0.200. The molecule has 2 N–H and O–H groups in total. The lowest BCUT2D eigenvalue weighted by Crippen LogP contribution is -2.13. The second-order valence-electron chi connectivity index (χ2n) is 3.85. The first kappa shape index (κ1) is 13.7. The van der Waals surface area contributed by atoms with E-state index in [-0.39, 0.29) is 10.8 Å². The molecule has 1 unspecified atom stereocenters. The Bertz CT molecular complexity index is 585. The Balaban J connectivity index is 2.44. The lowest BCUT2D eigenvalue weighted by Gasteiger charge is -2.14. The molecule has 0 fully saturated rings. The number of halogens is 2. The normalized spacial score (nSPS) is 12.3. The van der Waals surface area contributed by atoms with Crippen LogP contribution in [0, 0.1) is 5.82 Å². The third kappa shape index (κ3) is 2.67. The molecule has 2 aromatic rings. The highest BCUT2D eigenvalue weighted by Gasteiger charge is 2.20. The van der Waals surface area contributed by atoms with Crippen molar-refractivity contribution in [2.24, 2.45) is 5.73 Å². The smallest absolute Gasteiger partial charge is 0.193 e. The van der Waals surface area contributed by atoms with Crippen molar-refractivity contribution in [1.82, 2.24) is 0 Å². The fraction of sp³-hybridized carbons (Fsp3) is 0.231. The van der Waals surface area contributed by atoms with Gasteiger partial charge in [0.1, 0.15) is 11.6 Å². The Labute approximate surface area is 114 Å². The van der Waals surface area contributed by atoms with Crippen molar-refractivity contribution in [3.05, 3.63) is 46.6 Å². The Kier molecular flexibility index (Phi) is 3.97. The lowest BCUT2D eigenvalue weighted by molar-refractivity contribution is 0.351. The van der Waals surface area contributed by atoms with Gasteiger partial charge in [-0.25, -0.2) is 4.39 Å². The highest BCUT2D eigenvalue weighted by Crippen LogP contribution is 2.34. The second kappa shape index (κ2) is 5.50. The molecule has 1 atom stereocenters. The number of rotatable bonds is 4. The monoisotopic (exact) mass is 285 g/mol. The molecule has 0 aliphatic heterocycles. The van der Waals surface area contributed by atoms with E-state index in [2.05, 4.69) is 0 Å². The number of ether oxygens (including phenoxy) is 2. The van der Waals surface area contributed by atoms with Gasteiger partial charge in [0.15, 0.2) is 16.7 Å². The SMILES string of the molecule is COc1cc(F)c(C(N)c2ccc(Cl)o2)cc1OC. The Morgan fingerprint density at radius 1 is 1.21 bits per heavy atom. The topological polar surface area (TPSA) is 57.6 Å². The van der Waals surface area contributed by atoms with Crippen molar-refractivity contribution in [1.29, 1.82) is 0 Å². The molecular weight excluding hydrogens is 273 g/mol. The quantitative estimate of drug-likeness (QED) is 0.937. The van der Waals surface area contributed by atoms with Gasteiger partial charge in [-0.05, 0) is 29.8 Å². The molecule has 0 aliphatic carbocycles. The molecule has 0 radical (unpaired) electrons. The van der Waals surface area contributed by atoms with E-state index in [0.717, 1.165) is 0 Å². The molecule has 1 aromatic heterocycles. The number of hydrogen-bond donors (Lipinski definition) is 1. The first-order chi connectivity index (χ1) is 9.06. The van der Waals surface area contributed by atoms with Gasteiger partial charge in [-0.15, -0.1) is 0 Å². The van der Waals surface area contributed by atoms with Crippen molar-refractivity contribution in [3.8, 4) is 11.5 Å². The molecule has 19 heavy (non-hydrogen) atoms. The Morgan fingerprint density at radius 3 is 2.37 bits per heavy atom. The second-order valence-corrected chi connectivity index (χ2v) is 4.22. The van der Waals surface area contributed by atoms with E-state index >= 15 is 0 Å². The summed E-state index contributed by atoms with van der Waals surface area (Å²) in [7, 11) is 2.90. The zero-order valence-corrected chi connectivity index (χ0v) is 11.2. The van der Waals surface area contributed by atoms with Crippen molar-refractivity contribution in [2.75, 3.05) is 14.2 Å². The Hall–Kier alpha value is -1.72. The molecule has 4 nitrogen and oxygen atoms in total. The van der Waals surface area contributed by atoms with Crippen LogP contribution in [-0.4, -0.2) is 14.2 Å². The number of benzene rings is 1. The predicted octanol–water partition coefficient (Wildman–Crippen LogP) is 3.14. The average Bonchev–Trinajstić information content (AvgIpc) is 2.84. The van der Waals surface area contributed by atoms with E-state index in [0.29, 0.717) is 17.3 Å². The van der Waals surface area contributed by atoms with Crippen LogP contribution in [-0.2, 0) is 0 Å². The van der Waals surface area contributed by atoms with Crippen LogP contribution in [0.2, 0.25) is 5.22 Å². The summed E-state index contributed by atoms with van der Waals surface area (Å²) in [5, 5.41) is 0.200. The molecule has 0 bridgehead atoms. The summed E-state index contributed by atoms with van der Waals surface area (Å²) in [5.74, 6) is 0.564. The van der Waals surface area contributed by atoms with E-state index in [4.69, 9.17) is 31.2 Å². The van der Waals surface area contributed by atoms with Crippen LogP contribution in [0.1, 0.15) is 17.4 Å². The van der Waals surface area contributed by atoms with Gasteiger partial charge in [0.25, 0.3) is 0 Å². The minimum Gasteiger partial charge on any atom is -0.493 e. The standard InChI is InChI=1S/C13H13ClFNO3/c1-17-10-5-7(8(15)6-11(10)18-2)13(16)9-3-4-12(14)19-9/h3-6,13H,16H2,1-2H3. The van der Waals surface area contributed by atoms with Gasteiger partial charge in [-0.2, -0.15) is 0 Å². The highest BCUT2D eigenvalue weighted by molar-refractivity contribution is 6.28. The van der Waals surface area contributed by atoms with Crippen LogP contribution in [0.25, 0.3) is 0 Å². The molecule has 1 aromatic carbocycles. The average molecular weight is 286 g/mol. The van der Waals surface area contributed by atoms with Gasteiger partial charge >= 0.3 is 0 Å². The van der Waals surface area contributed by atoms with Crippen molar-refractivity contribution >= 4 is 11.6 Å². The summed E-state index contributed by atoms with van der Waals surface area (Å²) < 4.78 is 29.3. The number of hydrogen-bond acceptors (Lipinski definition) is 4. The summed E-state index contributed by atoms with van der Waals surface area (Å²) in [6.45, 7) is 0. The predicted molar refractivity (Wildman–Crippen MR) is 69.3 cm³/mol. The summed E-state index contributed by atoms with van der Waals surface area (Å²) in [5.41, 5.74) is 6.20. The van der Waals surface area contributed by atoms with E-state index in [1.54, 1.807) is 12.1 Å². The number of nitrogens with two attached hydrogens (primary N) is 1. The van der Waals surface area contributed by atoms with Crippen molar-refractivity contribution in [3.63, 3.8) is 0 Å². The number of methoxy groups -OCH3 is 2. The van der Waals surface area contributed by atoms with E-state index < -0.39 is 11.9 Å². The molecule has 2 rings (SSSR count). The molecule has 0 saturated heterocycles. The first-order valence-corrected chi connectivity index (χ1v) is 5.86. The van der Waals surface area contributed by atoms with Gasteiger partial charge in [0, 0.05) is 11.6 Å². The van der Waals surface area contributed by atoms with Gasteiger partial charge in [-0.3, -0.25) is 0 Å². The maximum absolute atomic E-state index is 14.0. The van der Waals surface area contributed by atoms with E-state index in [1.165, 1.54) is 26.4 Å². The molecule has 102 valence electrons. The molecule has 0 aliphatic rings. The fourth-order valence-corrected chi connectivity index (χ4v) is 1.91. The third-order valence-corrected chi connectivity index (χ3v) is 2.94. The number of furan rings is 1. The van der Waals surface area contributed by atoms with Crippen LogP contribution >= 0.6 is 11.6 Å². The largest absolute Gasteiger partial charge is 0.493 e. The van der Waals surface area contributed by atoms with Crippen LogP contribution in [0.4, 0.5) is 4.39 Å². The maximum atomic E-state index is 14.0. The van der Waals surface area contributed by atoms with Crippen LogP contribution < -0.4 is 15.2 Å². The molecule has 0 spiro atoms. The lowest BCUT2D eigenvalue weighted by atomic mass is 10.0. The molecule has 6 heteroatoms. The summed E-state index contributed by atoms with van der Waals surface area (Å²) in [4.78, 5) is 0. The van der Waals surface area contributed by atoms with Gasteiger partial charge in [0.05, 0.1) is 20.3 Å². The van der Waals surface area contributed by atoms with Crippen molar-refractivity contribution in [2.45, 2.75) is 6.04 Å². The molecular formula is C13H13ClFNO3. The first-order valence-electron chi connectivity index (χ1n) is 5.49. The summed E-state index contributed by atoms with van der Waals surface area (Å²) >= 11 is 5.68. The fourth-order valence-electron chi connectivity index (χ4n) is 1.76. The Morgan fingerprint density at radius 2 is 1.84 bits per heavy atom.